The van der Waals surface area contributed by atoms with Crippen molar-refractivity contribution >= 4 is 11.0 Å². The fraction of sp³-hybridized carbons (Fsp3) is 0.190. The van der Waals surface area contributed by atoms with Gasteiger partial charge < -0.3 is 24.5 Å². The number of hydrogen-bond acceptors (Lipinski definition) is 6. The highest BCUT2D eigenvalue weighted by atomic mass is 16.5. The maximum Gasteiger partial charge on any atom is 0.204 e. The van der Waals surface area contributed by atoms with Gasteiger partial charge in [0.25, 0.3) is 0 Å². The van der Waals surface area contributed by atoms with Gasteiger partial charge in [-0.05, 0) is 31.9 Å². The van der Waals surface area contributed by atoms with Gasteiger partial charge in [-0.1, -0.05) is 11.6 Å². The van der Waals surface area contributed by atoms with Gasteiger partial charge in [-0.2, -0.15) is 0 Å². The quantitative estimate of drug-likeness (QED) is 0.600. The smallest absolute Gasteiger partial charge is 0.204 e. The number of allylic oxidation sites excluding steroid dienone is 2. The molecule has 27 heavy (non-hydrogen) atoms. The molecule has 140 valence electrons. The zero-order valence-electron chi connectivity index (χ0n) is 15.2. The van der Waals surface area contributed by atoms with Crippen LogP contribution in [0.15, 0.2) is 51.4 Å². The Morgan fingerprint density at radius 1 is 1.04 bits per heavy atom. The van der Waals surface area contributed by atoms with Crippen molar-refractivity contribution in [3.05, 3.63) is 58.0 Å². The van der Waals surface area contributed by atoms with Crippen LogP contribution in [0.5, 0.6) is 23.0 Å². The second-order valence-electron chi connectivity index (χ2n) is 6.48. The Morgan fingerprint density at radius 2 is 1.78 bits per heavy atom. The Labute approximate surface area is 155 Å². The second-order valence-corrected chi connectivity index (χ2v) is 6.48. The van der Waals surface area contributed by atoms with Gasteiger partial charge in [0.2, 0.25) is 5.43 Å². The third-order valence-electron chi connectivity index (χ3n) is 4.28. The number of phenolic OH excluding ortho intramolecular Hbond substituents is 3. The van der Waals surface area contributed by atoms with E-state index in [2.05, 4.69) is 0 Å². The largest absolute Gasteiger partial charge is 0.508 e. The van der Waals surface area contributed by atoms with Gasteiger partial charge in [0, 0.05) is 23.8 Å². The fourth-order valence-electron chi connectivity index (χ4n) is 2.83. The summed E-state index contributed by atoms with van der Waals surface area (Å²) in [7, 11) is 1.44. The van der Waals surface area contributed by atoms with E-state index < -0.39 is 5.43 Å². The van der Waals surface area contributed by atoms with E-state index in [1.54, 1.807) is 6.07 Å². The van der Waals surface area contributed by atoms with Crippen molar-refractivity contribution in [2.45, 2.75) is 20.3 Å². The van der Waals surface area contributed by atoms with E-state index in [1.807, 2.05) is 19.9 Å². The lowest BCUT2D eigenvalue weighted by atomic mass is 9.99. The van der Waals surface area contributed by atoms with Crippen LogP contribution in [-0.4, -0.2) is 22.4 Å². The highest BCUT2D eigenvalue weighted by Gasteiger charge is 2.18. The van der Waals surface area contributed by atoms with Gasteiger partial charge >= 0.3 is 0 Å². The SMILES string of the molecule is COc1cc(O)c2c(=O)c(-c3cc(CC=C(C)C)c(O)cc3O)coc2c1. The zero-order chi connectivity index (χ0) is 19.7. The minimum Gasteiger partial charge on any atom is -0.508 e. The zero-order valence-corrected chi connectivity index (χ0v) is 15.2. The van der Waals surface area contributed by atoms with E-state index in [0.29, 0.717) is 17.7 Å². The Hall–Kier alpha value is -3.41. The molecule has 0 atom stereocenters. The number of hydrogen-bond donors (Lipinski definition) is 3. The van der Waals surface area contributed by atoms with Gasteiger partial charge in [-0.3, -0.25) is 4.79 Å². The second kappa shape index (κ2) is 7.07. The van der Waals surface area contributed by atoms with Crippen LogP contribution in [0.25, 0.3) is 22.1 Å². The third-order valence-corrected chi connectivity index (χ3v) is 4.28. The summed E-state index contributed by atoms with van der Waals surface area (Å²) in [4.78, 5) is 12.9. The molecule has 0 radical (unpaired) electrons. The third kappa shape index (κ3) is 3.46. The summed E-state index contributed by atoms with van der Waals surface area (Å²) in [5.74, 6) is -0.241. The summed E-state index contributed by atoms with van der Waals surface area (Å²) in [6, 6.07) is 5.56. The van der Waals surface area contributed by atoms with Crippen LogP contribution in [-0.2, 0) is 6.42 Å². The van der Waals surface area contributed by atoms with Crippen molar-refractivity contribution in [1.29, 1.82) is 0 Å². The maximum atomic E-state index is 12.9. The van der Waals surface area contributed by atoms with Gasteiger partial charge in [0.1, 0.15) is 40.2 Å². The topological polar surface area (TPSA) is 100 Å². The lowest BCUT2D eigenvalue weighted by Crippen LogP contribution is -2.06. The maximum absolute atomic E-state index is 12.9. The summed E-state index contributed by atoms with van der Waals surface area (Å²) in [5.41, 5.74) is 1.61. The van der Waals surface area contributed by atoms with E-state index >= 15 is 0 Å². The highest BCUT2D eigenvalue weighted by molar-refractivity contribution is 5.89. The molecule has 0 bridgehead atoms. The number of fused-ring (bicyclic) bond motifs is 1. The molecule has 3 aromatic rings. The molecular formula is C21H20O6. The summed E-state index contributed by atoms with van der Waals surface area (Å²) in [5, 5.41) is 30.5. The average Bonchev–Trinajstić information content (AvgIpc) is 2.61. The first-order chi connectivity index (χ1) is 12.8. The van der Waals surface area contributed by atoms with E-state index in [4.69, 9.17) is 9.15 Å². The Kier molecular flexibility index (Phi) is 4.81. The van der Waals surface area contributed by atoms with Crippen LogP contribution in [0, 0.1) is 0 Å². The summed E-state index contributed by atoms with van der Waals surface area (Å²) in [6.07, 6.45) is 3.60. The molecule has 1 heterocycles. The van der Waals surface area contributed by atoms with Crippen LogP contribution in [0.3, 0.4) is 0 Å². The van der Waals surface area contributed by atoms with E-state index in [9.17, 15) is 20.1 Å². The predicted molar refractivity (Wildman–Crippen MR) is 103 cm³/mol. The van der Waals surface area contributed by atoms with Crippen molar-refractivity contribution < 1.29 is 24.5 Å². The van der Waals surface area contributed by atoms with Crippen LogP contribution >= 0.6 is 0 Å². The van der Waals surface area contributed by atoms with Crippen molar-refractivity contribution in [3.8, 4) is 34.1 Å². The van der Waals surface area contributed by atoms with Gasteiger partial charge in [0.05, 0.1) is 12.7 Å². The minimum absolute atomic E-state index is 0.00776. The number of rotatable bonds is 4. The van der Waals surface area contributed by atoms with Gasteiger partial charge in [-0.25, -0.2) is 0 Å². The molecule has 0 aliphatic rings. The lowest BCUT2D eigenvalue weighted by Gasteiger charge is -2.10. The number of phenols is 3. The normalized spacial score (nSPS) is 10.8. The fourth-order valence-corrected chi connectivity index (χ4v) is 2.83. The van der Waals surface area contributed by atoms with Crippen molar-refractivity contribution in [2.75, 3.05) is 7.11 Å². The van der Waals surface area contributed by atoms with Crippen molar-refractivity contribution in [3.63, 3.8) is 0 Å². The standard InChI is InChI=1S/C21H20O6/c1-11(2)4-5-12-6-14(17(23)9-16(12)22)15-10-27-19-8-13(26-3)7-18(24)20(19)21(15)25/h4,6-10,22-24H,5H2,1-3H3. The first-order valence-electron chi connectivity index (χ1n) is 8.33. The van der Waals surface area contributed by atoms with Crippen molar-refractivity contribution in [2.24, 2.45) is 0 Å². The lowest BCUT2D eigenvalue weighted by molar-refractivity contribution is 0.408. The molecule has 1 aromatic heterocycles. The monoisotopic (exact) mass is 368 g/mol. The van der Waals surface area contributed by atoms with Crippen LogP contribution in [0.2, 0.25) is 0 Å². The molecule has 0 aliphatic heterocycles. The summed E-state index contributed by atoms with van der Waals surface area (Å²) >= 11 is 0. The van der Waals surface area contributed by atoms with Crippen LogP contribution in [0.4, 0.5) is 0 Å². The van der Waals surface area contributed by atoms with Crippen LogP contribution < -0.4 is 10.2 Å². The molecule has 3 rings (SSSR count). The summed E-state index contributed by atoms with van der Waals surface area (Å²) < 4.78 is 10.6. The molecule has 0 fully saturated rings. The average molecular weight is 368 g/mol. The molecule has 3 N–H and O–H groups in total. The number of methoxy groups -OCH3 is 1. The van der Waals surface area contributed by atoms with E-state index in [0.717, 1.165) is 5.57 Å². The van der Waals surface area contributed by atoms with Gasteiger partial charge in [-0.15, -0.1) is 0 Å². The molecule has 0 aliphatic carbocycles. The Bertz CT molecular complexity index is 1100. The molecule has 0 spiro atoms. The number of ether oxygens (including phenoxy) is 1. The Balaban J connectivity index is 2.22. The van der Waals surface area contributed by atoms with Gasteiger partial charge in [0.15, 0.2) is 0 Å². The van der Waals surface area contributed by atoms with E-state index in [1.165, 1.54) is 31.6 Å². The molecule has 6 heteroatoms. The first kappa shape index (κ1) is 18.4. The molecule has 0 saturated heterocycles. The molecular weight excluding hydrogens is 348 g/mol. The first-order valence-corrected chi connectivity index (χ1v) is 8.33. The highest BCUT2D eigenvalue weighted by Crippen LogP contribution is 2.36. The molecule has 0 amide bonds. The molecule has 2 aromatic carbocycles. The Morgan fingerprint density at radius 3 is 2.44 bits per heavy atom. The van der Waals surface area contributed by atoms with Crippen molar-refractivity contribution in [1.82, 2.24) is 0 Å². The predicted octanol–water partition coefficient (Wildman–Crippen LogP) is 4.09. The number of aromatic hydroxyl groups is 3. The van der Waals surface area contributed by atoms with E-state index in [-0.39, 0.29) is 39.3 Å². The molecule has 0 saturated carbocycles. The van der Waals surface area contributed by atoms with Crippen LogP contribution in [0.1, 0.15) is 19.4 Å². The minimum atomic E-state index is -0.495. The molecule has 6 nitrogen and oxygen atoms in total. The summed E-state index contributed by atoms with van der Waals surface area (Å²) in [6.45, 7) is 3.88. The number of benzene rings is 2. The molecule has 0 unspecified atom stereocenters.